The first kappa shape index (κ1) is 14.2. The number of rotatable bonds is 6. The van der Waals surface area contributed by atoms with E-state index in [4.69, 9.17) is 0 Å². The second-order valence-electron chi connectivity index (χ2n) is 6.77. The molecule has 0 radical (unpaired) electrons. The summed E-state index contributed by atoms with van der Waals surface area (Å²) in [5.41, 5.74) is 0. The third-order valence-electron chi connectivity index (χ3n) is 5.17. The second-order valence-corrected chi connectivity index (χ2v) is 9.45. The van der Waals surface area contributed by atoms with Crippen molar-refractivity contribution in [3.63, 3.8) is 0 Å². The zero-order chi connectivity index (χ0) is 14.4. The maximum absolute atomic E-state index is 12.7. The Labute approximate surface area is 130 Å². The van der Waals surface area contributed by atoms with Crippen LogP contribution in [0.1, 0.15) is 43.4 Å². The maximum atomic E-state index is 12.7. The molecule has 0 amide bonds. The molecule has 116 valence electrons. The molecule has 2 bridgehead atoms. The van der Waals surface area contributed by atoms with Crippen LogP contribution in [0.4, 0.5) is 0 Å². The smallest absolute Gasteiger partial charge is 0.241 e. The molecule has 3 fully saturated rings. The van der Waals surface area contributed by atoms with Crippen LogP contribution in [0, 0.1) is 11.8 Å². The number of sulfonamides is 1. The van der Waals surface area contributed by atoms with Crippen LogP contribution in [0.3, 0.4) is 0 Å². The van der Waals surface area contributed by atoms with Gasteiger partial charge in [-0.25, -0.2) is 13.1 Å². The predicted octanol–water partition coefficient (Wildman–Crippen LogP) is 2.47. The Bertz CT molecular complexity index is 621. The van der Waals surface area contributed by atoms with Crippen molar-refractivity contribution >= 4 is 21.4 Å². The fraction of sp³-hybridized carbons (Fsp3) is 0.733. The molecular weight excluding hydrogens is 304 g/mol. The van der Waals surface area contributed by atoms with Gasteiger partial charge in [-0.2, -0.15) is 0 Å². The highest BCUT2D eigenvalue weighted by Gasteiger charge is 2.41. The summed E-state index contributed by atoms with van der Waals surface area (Å²) in [7, 11) is -3.36. The van der Waals surface area contributed by atoms with E-state index >= 15 is 0 Å². The molecule has 4 rings (SSSR count). The Morgan fingerprint density at radius 3 is 2.71 bits per heavy atom. The van der Waals surface area contributed by atoms with E-state index in [1.807, 2.05) is 5.38 Å². The van der Waals surface area contributed by atoms with Crippen LogP contribution in [-0.4, -0.2) is 20.5 Å². The molecule has 1 aromatic rings. The third kappa shape index (κ3) is 2.91. The summed E-state index contributed by atoms with van der Waals surface area (Å²) in [4.78, 5) is 1.43. The van der Waals surface area contributed by atoms with E-state index in [-0.39, 0.29) is 6.04 Å². The lowest BCUT2D eigenvalue weighted by Crippen LogP contribution is -2.38. The molecule has 3 unspecified atom stereocenters. The standard InChI is InChI=1S/C15H22N2O2S2/c18-21(19,17-13-8-10-1-2-11(13)7-10)15-5-6-20-14(15)9-16-12-3-4-12/h5-6,10-13,16-17H,1-4,7-9H2. The van der Waals surface area contributed by atoms with Gasteiger partial charge in [0.2, 0.25) is 10.0 Å². The summed E-state index contributed by atoms with van der Waals surface area (Å²) < 4.78 is 28.3. The van der Waals surface area contributed by atoms with E-state index in [1.165, 1.54) is 43.4 Å². The Morgan fingerprint density at radius 1 is 1.19 bits per heavy atom. The van der Waals surface area contributed by atoms with Crippen molar-refractivity contribution in [1.29, 1.82) is 0 Å². The number of hydrogen-bond acceptors (Lipinski definition) is 4. The lowest BCUT2D eigenvalue weighted by molar-refractivity contribution is 0.390. The number of nitrogens with one attached hydrogen (secondary N) is 2. The molecule has 4 nitrogen and oxygen atoms in total. The number of thiophene rings is 1. The van der Waals surface area contributed by atoms with Crippen molar-refractivity contribution < 1.29 is 8.42 Å². The quantitative estimate of drug-likeness (QED) is 0.844. The molecular formula is C15H22N2O2S2. The molecule has 1 heterocycles. The van der Waals surface area contributed by atoms with Gasteiger partial charge < -0.3 is 5.32 Å². The third-order valence-corrected chi connectivity index (χ3v) is 7.79. The van der Waals surface area contributed by atoms with Crippen LogP contribution < -0.4 is 10.0 Å². The van der Waals surface area contributed by atoms with Gasteiger partial charge >= 0.3 is 0 Å². The van der Waals surface area contributed by atoms with Crippen LogP contribution in [-0.2, 0) is 16.6 Å². The number of hydrogen-bond donors (Lipinski definition) is 2. The first-order chi connectivity index (χ1) is 10.1. The molecule has 0 aromatic carbocycles. The van der Waals surface area contributed by atoms with Crippen molar-refractivity contribution in [3.8, 4) is 0 Å². The highest BCUT2D eigenvalue weighted by Crippen LogP contribution is 2.45. The predicted molar refractivity (Wildman–Crippen MR) is 83.7 cm³/mol. The van der Waals surface area contributed by atoms with Gasteiger partial charge in [-0.1, -0.05) is 6.42 Å². The monoisotopic (exact) mass is 326 g/mol. The summed E-state index contributed by atoms with van der Waals surface area (Å²) in [6.45, 7) is 0.676. The van der Waals surface area contributed by atoms with Crippen LogP contribution >= 0.6 is 11.3 Å². The van der Waals surface area contributed by atoms with E-state index in [0.29, 0.717) is 23.4 Å². The largest absolute Gasteiger partial charge is 0.309 e. The van der Waals surface area contributed by atoms with Crippen molar-refractivity contribution in [2.24, 2.45) is 11.8 Å². The van der Waals surface area contributed by atoms with Gasteiger partial charge in [0, 0.05) is 23.5 Å². The van der Waals surface area contributed by atoms with Crippen molar-refractivity contribution in [2.75, 3.05) is 0 Å². The average Bonchev–Trinajstić information content (AvgIpc) is 2.88. The van der Waals surface area contributed by atoms with E-state index in [0.717, 1.165) is 17.2 Å². The van der Waals surface area contributed by atoms with Gasteiger partial charge in [0.15, 0.2) is 0 Å². The molecule has 6 heteroatoms. The van der Waals surface area contributed by atoms with Crippen LogP contribution in [0.15, 0.2) is 16.3 Å². The second kappa shape index (κ2) is 5.33. The SMILES string of the molecule is O=S(=O)(NC1CC2CCC1C2)c1ccsc1CNC1CC1. The normalized spacial score (nSPS) is 31.9. The van der Waals surface area contributed by atoms with E-state index in [9.17, 15) is 8.42 Å². The molecule has 0 saturated heterocycles. The lowest BCUT2D eigenvalue weighted by atomic mass is 9.96. The zero-order valence-corrected chi connectivity index (χ0v) is 13.7. The molecule has 3 aliphatic carbocycles. The van der Waals surface area contributed by atoms with E-state index in [2.05, 4.69) is 10.0 Å². The molecule has 3 atom stereocenters. The minimum absolute atomic E-state index is 0.165. The minimum atomic E-state index is -3.36. The van der Waals surface area contributed by atoms with Gasteiger partial charge in [-0.3, -0.25) is 0 Å². The average molecular weight is 326 g/mol. The van der Waals surface area contributed by atoms with Crippen LogP contribution in [0.5, 0.6) is 0 Å². The summed E-state index contributed by atoms with van der Waals surface area (Å²) in [6, 6.07) is 2.52. The molecule has 1 aromatic heterocycles. The molecule has 0 spiro atoms. The Balaban J connectivity index is 1.47. The molecule has 3 saturated carbocycles. The lowest BCUT2D eigenvalue weighted by Gasteiger charge is -2.22. The van der Waals surface area contributed by atoms with E-state index in [1.54, 1.807) is 6.07 Å². The van der Waals surface area contributed by atoms with Gasteiger partial charge in [-0.05, 0) is 55.4 Å². The minimum Gasteiger partial charge on any atom is -0.309 e. The van der Waals surface area contributed by atoms with E-state index < -0.39 is 10.0 Å². The van der Waals surface area contributed by atoms with Gasteiger partial charge in [0.05, 0.1) is 4.90 Å². The highest BCUT2D eigenvalue weighted by atomic mass is 32.2. The van der Waals surface area contributed by atoms with Crippen LogP contribution in [0.2, 0.25) is 0 Å². The van der Waals surface area contributed by atoms with Gasteiger partial charge in [0.25, 0.3) is 0 Å². The summed E-state index contributed by atoms with van der Waals surface area (Å²) in [5, 5.41) is 5.30. The van der Waals surface area contributed by atoms with Gasteiger partial charge in [-0.15, -0.1) is 11.3 Å². The highest BCUT2D eigenvalue weighted by molar-refractivity contribution is 7.89. The van der Waals surface area contributed by atoms with Crippen molar-refractivity contribution in [2.45, 2.75) is 62.0 Å². The molecule has 2 N–H and O–H groups in total. The first-order valence-electron chi connectivity index (χ1n) is 7.94. The zero-order valence-electron chi connectivity index (χ0n) is 12.0. The van der Waals surface area contributed by atoms with Crippen LogP contribution in [0.25, 0.3) is 0 Å². The summed E-state index contributed by atoms with van der Waals surface area (Å²) >= 11 is 1.54. The Kier molecular flexibility index (Phi) is 3.60. The maximum Gasteiger partial charge on any atom is 0.241 e. The summed E-state index contributed by atoms with van der Waals surface area (Å²) in [6.07, 6.45) is 7.17. The summed E-state index contributed by atoms with van der Waals surface area (Å²) in [5.74, 6) is 1.32. The first-order valence-corrected chi connectivity index (χ1v) is 10.3. The molecule has 21 heavy (non-hydrogen) atoms. The van der Waals surface area contributed by atoms with Crippen molar-refractivity contribution in [1.82, 2.24) is 10.0 Å². The topological polar surface area (TPSA) is 58.2 Å². The number of fused-ring (bicyclic) bond motifs is 2. The Morgan fingerprint density at radius 2 is 2.05 bits per heavy atom. The fourth-order valence-corrected chi connectivity index (χ4v) is 6.59. The Hall–Kier alpha value is -0.430. The van der Waals surface area contributed by atoms with Gasteiger partial charge in [0.1, 0.15) is 0 Å². The molecule has 0 aliphatic heterocycles. The van der Waals surface area contributed by atoms with Crippen molar-refractivity contribution in [3.05, 3.63) is 16.3 Å². The fourth-order valence-electron chi connectivity index (χ4n) is 3.87. The molecule has 3 aliphatic rings.